The van der Waals surface area contributed by atoms with Crippen LogP contribution in [0.5, 0.6) is 0 Å². The molecule has 0 aromatic carbocycles. The van der Waals surface area contributed by atoms with Gasteiger partial charge in [-0.15, -0.1) is 0 Å². The van der Waals surface area contributed by atoms with Crippen LogP contribution in [0.3, 0.4) is 0 Å². The number of esters is 4. The van der Waals surface area contributed by atoms with Crippen molar-refractivity contribution in [2.24, 2.45) is 16.2 Å². The summed E-state index contributed by atoms with van der Waals surface area (Å²) in [6, 6.07) is 0. The Balaban J connectivity index is -0.000000511. The van der Waals surface area contributed by atoms with Gasteiger partial charge in [0.05, 0.1) is 43.2 Å². The zero-order valence-electron chi connectivity index (χ0n) is 26.0. The van der Waals surface area contributed by atoms with Crippen LogP contribution < -0.4 is 0 Å². The first-order valence-electron chi connectivity index (χ1n) is 13.1. The van der Waals surface area contributed by atoms with E-state index >= 15 is 0 Å². The maximum atomic E-state index is 11.6. The van der Waals surface area contributed by atoms with Gasteiger partial charge in [0.1, 0.15) is 6.61 Å². The van der Waals surface area contributed by atoms with Crippen molar-refractivity contribution >= 4 is 23.9 Å². The van der Waals surface area contributed by atoms with E-state index < -0.39 is 11.4 Å². The minimum Gasteiger partial charge on any atom is -0.469 e. The second-order valence-corrected chi connectivity index (χ2v) is 10.7. The number of carbonyl (C=O) groups excluding carboxylic acids is 4. The highest BCUT2D eigenvalue weighted by Crippen LogP contribution is 2.22. The predicted octanol–water partition coefficient (Wildman–Crippen LogP) is 5.68. The van der Waals surface area contributed by atoms with Crippen molar-refractivity contribution < 1.29 is 42.9 Å². The third-order valence-electron chi connectivity index (χ3n) is 6.12. The molecule has 0 saturated carbocycles. The lowest BCUT2D eigenvalue weighted by Crippen LogP contribution is -2.26. The van der Waals surface area contributed by atoms with Crippen molar-refractivity contribution in [3.63, 3.8) is 0 Å². The number of hydrogen-bond acceptors (Lipinski definition) is 9. The second-order valence-electron chi connectivity index (χ2n) is 10.7. The summed E-state index contributed by atoms with van der Waals surface area (Å²) < 4.78 is 24.3. The average Bonchev–Trinajstić information content (AvgIpc) is 2.88. The molecule has 0 aliphatic heterocycles. The molecule has 9 heteroatoms. The Kier molecular flexibility index (Phi) is 21.7. The Labute approximate surface area is 230 Å². The first-order valence-corrected chi connectivity index (χ1v) is 13.1. The fourth-order valence-electron chi connectivity index (χ4n) is 1.83. The van der Waals surface area contributed by atoms with Gasteiger partial charge in [-0.2, -0.15) is 0 Å². The molecule has 9 nitrogen and oxygen atoms in total. The molecule has 0 aliphatic carbocycles. The lowest BCUT2D eigenvalue weighted by atomic mass is 9.91. The van der Waals surface area contributed by atoms with Crippen molar-refractivity contribution in [1.82, 2.24) is 0 Å². The summed E-state index contributed by atoms with van der Waals surface area (Å²) in [6.07, 6.45) is 2.85. The third-order valence-corrected chi connectivity index (χ3v) is 6.12. The van der Waals surface area contributed by atoms with Crippen LogP contribution in [0.1, 0.15) is 94.9 Å². The van der Waals surface area contributed by atoms with E-state index in [1.54, 1.807) is 14.0 Å². The molecule has 0 N–H and O–H groups in total. The highest BCUT2D eigenvalue weighted by Gasteiger charge is 2.27. The van der Waals surface area contributed by atoms with Crippen LogP contribution >= 0.6 is 0 Å². The van der Waals surface area contributed by atoms with Gasteiger partial charge in [0.2, 0.25) is 0 Å². The molecule has 224 valence electrons. The van der Waals surface area contributed by atoms with Crippen molar-refractivity contribution in [3.05, 3.63) is 12.2 Å². The van der Waals surface area contributed by atoms with Crippen LogP contribution in [0.25, 0.3) is 0 Å². The quantitative estimate of drug-likeness (QED) is 0.117. The minimum atomic E-state index is -0.450. The SMILES string of the molecule is C=C(C)C(=O)OCCCOC(=O)C(C)(C)CC.CCC(C)(C)C(=O)OC.CCC(C)(C)C(=O)OCCOC. The van der Waals surface area contributed by atoms with Gasteiger partial charge in [0.15, 0.2) is 0 Å². The topological polar surface area (TPSA) is 114 Å². The number of carbonyl (C=O) groups is 4. The number of ether oxygens (including phenoxy) is 5. The second kappa shape index (κ2) is 20.5. The first-order chi connectivity index (χ1) is 17.4. The van der Waals surface area contributed by atoms with E-state index in [1.165, 1.54) is 7.11 Å². The van der Waals surface area contributed by atoms with E-state index in [0.717, 1.165) is 19.3 Å². The molecule has 0 unspecified atom stereocenters. The van der Waals surface area contributed by atoms with Crippen LogP contribution in [0.2, 0.25) is 0 Å². The van der Waals surface area contributed by atoms with Crippen LogP contribution in [0.15, 0.2) is 12.2 Å². The standard InChI is InChI=1S/C13H22O4.C9H18O3.C7H14O2/c1-6-13(4,5)12(15)17-9-7-8-16-11(14)10(2)3;1-5-9(2,3)8(10)12-7-6-11-4;1-5-7(2,3)6(8)9-4/h2,6-9H2,1,3-5H3;5-7H2,1-4H3;5H2,1-4H3. The van der Waals surface area contributed by atoms with E-state index in [1.807, 2.05) is 62.3 Å². The largest absolute Gasteiger partial charge is 0.469 e. The van der Waals surface area contributed by atoms with Gasteiger partial charge >= 0.3 is 23.9 Å². The zero-order valence-corrected chi connectivity index (χ0v) is 26.0. The molecule has 0 bridgehead atoms. The Morgan fingerprint density at radius 3 is 1.29 bits per heavy atom. The van der Waals surface area contributed by atoms with Gasteiger partial charge in [-0.25, -0.2) is 4.79 Å². The molecule has 38 heavy (non-hydrogen) atoms. The van der Waals surface area contributed by atoms with Crippen LogP contribution in [0.4, 0.5) is 0 Å². The molecular weight excluding hydrogens is 492 g/mol. The molecule has 0 radical (unpaired) electrons. The molecule has 0 spiro atoms. The van der Waals surface area contributed by atoms with E-state index in [2.05, 4.69) is 11.3 Å². The van der Waals surface area contributed by atoms with Crippen molar-refractivity contribution in [2.75, 3.05) is 40.6 Å². The molecular formula is C29H54O9. The Hall–Kier alpha value is -2.42. The third kappa shape index (κ3) is 18.8. The summed E-state index contributed by atoms with van der Waals surface area (Å²) in [5.41, 5.74) is -0.759. The molecule has 0 atom stereocenters. The molecule has 0 aliphatic rings. The van der Waals surface area contributed by atoms with Gasteiger partial charge in [0, 0.05) is 19.1 Å². The highest BCUT2D eigenvalue weighted by atomic mass is 16.6. The van der Waals surface area contributed by atoms with E-state index in [4.69, 9.17) is 18.9 Å². The molecule has 0 rings (SSSR count). The molecule has 0 heterocycles. The van der Waals surface area contributed by atoms with Gasteiger partial charge in [-0.1, -0.05) is 27.4 Å². The van der Waals surface area contributed by atoms with Crippen molar-refractivity contribution in [2.45, 2.75) is 94.9 Å². The minimum absolute atomic E-state index is 0.134. The van der Waals surface area contributed by atoms with Crippen molar-refractivity contribution in [1.29, 1.82) is 0 Å². The predicted molar refractivity (Wildman–Crippen MR) is 148 cm³/mol. The Morgan fingerprint density at radius 1 is 0.605 bits per heavy atom. The summed E-state index contributed by atoms with van der Waals surface area (Å²) >= 11 is 0. The van der Waals surface area contributed by atoms with Gasteiger partial charge in [0.25, 0.3) is 0 Å². The monoisotopic (exact) mass is 546 g/mol. The Bertz CT molecular complexity index is 722. The average molecular weight is 547 g/mol. The number of rotatable bonds is 14. The van der Waals surface area contributed by atoms with Crippen molar-refractivity contribution in [3.8, 4) is 0 Å². The van der Waals surface area contributed by atoms with E-state index in [0.29, 0.717) is 25.2 Å². The lowest BCUT2D eigenvalue weighted by Gasteiger charge is -2.20. The smallest absolute Gasteiger partial charge is 0.333 e. The lowest BCUT2D eigenvalue weighted by molar-refractivity contribution is -0.156. The molecule has 0 aromatic rings. The van der Waals surface area contributed by atoms with Gasteiger partial charge in [-0.05, 0) is 67.7 Å². The first kappa shape index (κ1) is 40.1. The van der Waals surface area contributed by atoms with Crippen LogP contribution in [-0.2, 0) is 42.9 Å². The zero-order chi connectivity index (χ0) is 30.6. The van der Waals surface area contributed by atoms with Gasteiger partial charge in [-0.3, -0.25) is 14.4 Å². The normalized spacial score (nSPS) is 11.1. The maximum Gasteiger partial charge on any atom is 0.333 e. The molecule has 0 saturated heterocycles. The summed E-state index contributed by atoms with van der Waals surface area (Å²) in [5.74, 6) is -0.913. The molecule has 0 fully saturated rings. The summed E-state index contributed by atoms with van der Waals surface area (Å²) in [7, 11) is 3.00. The van der Waals surface area contributed by atoms with E-state index in [9.17, 15) is 19.2 Å². The summed E-state index contributed by atoms with van der Waals surface area (Å²) in [5, 5.41) is 0. The fourth-order valence-corrected chi connectivity index (χ4v) is 1.83. The van der Waals surface area contributed by atoms with Gasteiger partial charge < -0.3 is 23.7 Å². The summed E-state index contributed by atoms with van der Waals surface area (Å²) in [4.78, 5) is 44.7. The fraction of sp³-hybridized carbons (Fsp3) is 0.793. The van der Waals surface area contributed by atoms with Crippen LogP contribution in [-0.4, -0.2) is 64.5 Å². The molecule has 0 aromatic heterocycles. The number of hydrogen-bond donors (Lipinski definition) is 0. The highest BCUT2D eigenvalue weighted by molar-refractivity contribution is 5.86. The maximum absolute atomic E-state index is 11.6. The van der Waals surface area contributed by atoms with E-state index in [-0.39, 0.29) is 42.0 Å². The molecule has 0 amide bonds. The summed E-state index contributed by atoms with van der Waals surface area (Å²) in [6.45, 7) is 23.4. The van der Waals surface area contributed by atoms with Crippen LogP contribution in [0, 0.1) is 16.2 Å². The Morgan fingerprint density at radius 2 is 0.974 bits per heavy atom. The number of methoxy groups -OCH3 is 2.